The summed E-state index contributed by atoms with van der Waals surface area (Å²) in [6.45, 7) is -0.363. The molecule has 2 aromatic carbocycles. The van der Waals surface area contributed by atoms with Crippen molar-refractivity contribution < 1.29 is 33.3 Å². The lowest BCUT2D eigenvalue weighted by Gasteiger charge is -2.19. The Kier molecular flexibility index (Phi) is 7.46. The zero-order valence-corrected chi connectivity index (χ0v) is 15.8. The van der Waals surface area contributed by atoms with Gasteiger partial charge < -0.3 is 19.3 Å². The van der Waals surface area contributed by atoms with Gasteiger partial charge in [0, 0.05) is 0 Å². The van der Waals surface area contributed by atoms with E-state index in [0.717, 1.165) is 0 Å². The highest BCUT2D eigenvalue weighted by molar-refractivity contribution is 8.93. The minimum atomic E-state index is -1.94. The van der Waals surface area contributed by atoms with E-state index in [1.54, 1.807) is 48.5 Å². The van der Waals surface area contributed by atoms with E-state index in [-0.39, 0.29) is 29.2 Å². The number of rotatable bonds is 5. The van der Waals surface area contributed by atoms with E-state index >= 15 is 0 Å². The second-order valence-electron chi connectivity index (χ2n) is 5.71. The molecule has 0 aromatic heterocycles. The Bertz CT molecular complexity index is 757. The van der Waals surface area contributed by atoms with Crippen molar-refractivity contribution >= 4 is 28.9 Å². The third kappa shape index (κ3) is 5.12. The first-order chi connectivity index (χ1) is 12.6. The fraction of sp³-hybridized carbons (Fsp3) is 0.263. The summed E-state index contributed by atoms with van der Waals surface area (Å²) in [5.74, 6) is -1.38. The lowest BCUT2D eigenvalue weighted by Crippen LogP contribution is -2.37. The predicted molar refractivity (Wildman–Crippen MR) is 98.5 cm³/mol. The number of hydrogen-bond donors (Lipinski definition) is 1. The summed E-state index contributed by atoms with van der Waals surface area (Å²) in [4.78, 5) is 24.1. The fourth-order valence-corrected chi connectivity index (χ4v) is 2.56. The normalized spacial score (nSPS) is 23.9. The van der Waals surface area contributed by atoms with Gasteiger partial charge in [0.1, 0.15) is 12.7 Å². The molecule has 2 aromatic rings. The van der Waals surface area contributed by atoms with Gasteiger partial charge in [-0.1, -0.05) is 36.4 Å². The molecule has 3 rings (SSSR count). The average Bonchev–Trinajstić information content (AvgIpc) is 2.95. The minimum Gasteiger partial charge on any atom is -0.459 e. The van der Waals surface area contributed by atoms with Crippen molar-refractivity contribution in [3.05, 3.63) is 71.8 Å². The van der Waals surface area contributed by atoms with E-state index in [9.17, 15) is 19.1 Å². The molecule has 1 aliphatic rings. The van der Waals surface area contributed by atoms with Crippen LogP contribution in [0.1, 0.15) is 20.7 Å². The number of ether oxygens (including phenoxy) is 3. The summed E-state index contributed by atoms with van der Waals surface area (Å²) in [7, 11) is 0. The SMILES string of the molecule is Br.O=C(OC[C@H]1O[C@@H](O)[C@@H](F)[C@@H]1OC(=O)c1ccccc1)c1ccccc1. The Hall–Kier alpha value is -2.29. The molecule has 0 unspecified atom stereocenters. The topological polar surface area (TPSA) is 82.1 Å². The van der Waals surface area contributed by atoms with Crippen LogP contribution < -0.4 is 0 Å². The third-order valence-electron chi connectivity index (χ3n) is 3.91. The molecule has 1 heterocycles. The zero-order valence-electron chi connectivity index (χ0n) is 14.1. The maximum Gasteiger partial charge on any atom is 0.338 e. The number of esters is 2. The van der Waals surface area contributed by atoms with Crippen molar-refractivity contribution in [1.82, 2.24) is 0 Å². The lowest BCUT2D eigenvalue weighted by molar-refractivity contribution is -0.122. The Morgan fingerprint density at radius 3 is 2.04 bits per heavy atom. The van der Waals surface area contributed by atoms with E-state index < -0.39 is 36.6 Å². The number of halogens is 2. The smallest absolute Gasteiger partial charge is 0.338 e. The summed E-state index contributed by atoms with van der Waals surface area (Å²) in [6, 6.07) is 16.3. The largest absolute Gasteiger partial charge is 0.459 e. The number of aliphatic hydroxyl groups is 1. The van der Waals surface area contributed by atoms with E-state index in [1.165, 1.54) is 12.1 Å². The predicted octanol–water partition coefficient (Wildman–Crippen LogP) is 2.70. The Morgan fingerprint density at radius 2 is 1.48 bits per heavy atom. The Balaban J connectivity index is 0.00000261. The molecule has 144 valence electrons. The van der Waals surface area contributed by atoms with Crippen molar-refractivity contribution in [2.24, 2.45) is 0 Å². The fourth-order valence-electron chi connectivity index (χ4n) is 2.56. The number of alkyl halides is 1. The van der Waals surface area contributed by atoms with Gasteiger partial charge >= 0.3 is 11.9 Å². The van der Waals surface area contributed by atoms with E-state index in [2.05, 4.69) is 0 Å². The number of benzene rings is 2. The molecular formula is C19H18BrFO6. The third-order valence-corrected chi connectivity index (χ3v) is 3.91. The van der Waals surface area contributed by atoms with Crippen LogP contribution in [0.4, 0.5) is 4.39 Å². The zero-order chi connectivity index (χ0) is 18.5. The van der Waals surface area contributed by atoms with Gasteiger partial charge in [-0.15, -0.1) is 17.0 Å². The van der Waals surface area contributed by atoms with Crippen LogP contribution in [0.5, 0.6) is 0 Å². The molecule has 27 heavy (non-hydrogen) atoms. The Labute approximate surface area is 165 Å². The molecule has 1 fully saturated rings. The lowest BCUT2D eigenvalue weighted by atomic mass is 10.1. The van der Waals surface area contributed by atoms with Gasteiger partial charge in [-0.25, -0.2) is 14.0 Å². The van der Waals surface area contributed by atoms with Gasteiger partial charge in [0.05, 0.1) is 11.1 Å². The van der Waals surface area contributed by atoms with Crippen LogP contribution in [0.25, 0.3) is 0 Å². The highest BCUT2D eigenvalue weighted by atomic mass is 79.9. The second-order valence-corrected chi connectivity index (χ2v) is 5.71. The molecule has 0 saturated carbocycles. The quantitative estimate of drug-likeness (QED) is 0.719. The van der Waals surface area contributed by atoms with Crippen LogP contribution in [0, 0.1) is 0 Å². The molecule has 1 aliphatic heterocycles. The maximum absolute atomic E-state index is 14.2. The highest BCUT2D eigenvalue weighted by Gasteiger charge is 2.47. The molecule has 4 atom stereocenters. The molecule has 1 saturated heterocycles. The van der Waals surface area contributed by atoms with Crippen molar-refractivity contribution in [3.63, 3.8) is 0 Å². The monoisotopic (exact) mass is 440 g/mol. The first-order valence-electron chi connectivity index (χ1n) is 8.02. The number of carbonyl (C=O) groups is 2. The molecule has 0 bridgehead atoms. The summed E-state index contributed by atoms with van der Waals surface area (Å²) >= 11 is 0. The average molecular weight is 441 g/mol. The van der Waals surface area contributed by atoms with E-state index in [0.29, 0.717) is 5.56 Å². The van der Waals surface area contributed by atoms with Crippen LogP contribution in [0.3, 0.4) is 0 Å². The number of carbonyl (C=O) groups excluding carboxylic acids is 2. The van der Waals surface area contributed by atoms with E-state index in [4.69, 9.17) is 14.2 Å². The molecule has 0 amide bonds. The summed E-state index contributed by atoms with van der Waals surface area (Å²) in [6.07, 6.45) is -6.20. The van der Waals surface area contributed by atoms with Crippen LogP contribution in [-0.2, 0) is 14.2 Å². The molecular weight excluding hydrogens is 423 g/mol. The van der Waals surface area contributed by atoms with E-state index in [1.807, 2.05) is 0 Å². The highest BCUT2D eigenvalue weighted by Crippen LogP contribution is 2.26. The van der Waals surface area contributed by atoms with Crippen LogP contribution in [0.15, 0.2) is 60.7 Å². The standard InChI is InChI=1S/C19H17FO6.BrH/c20-15-16(26-18(22)13-9-5-2-6-10-13)14(25-19(15)23)11-24-17(21)12-7-3-1-4-8-12;/h1-10,14-16,19,23H,11H2;1H/t14-,15+,16-,19-;/m1./s1. The number of hydrogen-bond acceptors (Lipinski definition) is 6. The molecule has 8 heteroatoms. The van der Waals surface area contributed by atoms with Crippen LogP contribution >= 0.6 is 17.0 Å². The molecule has 0 radical (unpaired) electrons. The van der Waals surface area contributed by atoms with Gasteiger partial charge in [0.25, 0.3) is 0 Å². The van der Waals surface area contributed by atoms with Gasteiger partial charge in [-0.05, 0) is 24.3 Å². The first kappa shape index (κ1) is 21.0. The van der Waals surface area contributed by atoms with Crippen molar-refractivity contribution in [1.29, 1.82) is 0 Å². The van der Waals surface area contributed by atoms with Gasteiger partial charge in [0.15, 0.2) is 18.6 Å². The minimum absolute atomic E-state index is 0. The summed E-state index contributed by atoms with van der Waals surface area (Å²) < 4.78 is 29.4. The van der Waals surface area contributed by atoms with Gasteiger partial charge in [-0.2, -0.15) is 0 Å². The van der Waals surface area contributed by atoms with Gasteiger partial charge in [0.2, 0.25) is 0 Å². The first-order valence-corrected chi connectivity index (χ1v) is 8.02. The molecule has 0 spiro atoms. The second kappa shape index (κ2) is 9.59. The maximum atomic E-state index is 14.2. The molecule has 0 aliphatic carbocycles. The van der Waals surface area contributed by atoms with Crippen molar-refractivity contribution in [2.75, 3.05) is 6.61 Å². The van der Waals surface area contributed by atoms with Crippen LogP contribution in [-0.4, -0.2) is 48.3 Å². The van der Waals surface area contributed by atoms with Crippen molar-refractivity contribution in [3.8, 4) is 0 Å². The molecule has 1 N–H and O–H groups in total. The summed E-state index contributed by atoms with van der Waals surface area (Å²) in [5, 5.41) is 9.58. The summed E-state index contributed by atoms with van der Waals surface area (Å²) in [5.41, 5.74) is 0.557. The number of aliphatic hydroxyl groups excluding tert-OH is 1. The molecule has 6 nitrogen and oxygen atoms in total. The van der Waals surface area contributed by atoms with Gasteiger partial charge in [-0.3, -0.25) is 0 Å². The Morgan fingerprint density at radius 1 is 0.963 bits per heavy atom. The van der Waals surface area contributed by atoms with Crippen molar-refractivity contribution in [2.45, 2.75) is 24.7 Å². The van der Waals surface area contributed by atoms with Crippen LogP contribution in [0.2, 0.25) is 0 Å².